The van der Waals surface area contributed by atoms with Crippen LogP contribution in [0.4, 0.5) is 0 Å². The molecule has 0 atom stereocenters. The van der Waals surface area contributed by atoms with E-state index in [0.29, 0.717) is 5.02 Å². The van der Waals surface area contributed by atoms with Gasteiger partial charge in [0.1, 0.15) is 12.4 Å². The highest BCUT2D eigenvalue weighted by atomic mass is 35.5. The molecule has 0 spiro atoms. The van der Waals surface area contributed by atoms with Crippen molar-refractivity contribution < 1.29 is 9.53 Å². The molecule has 0 radical (unpaired) electrons. The first-order valence-corrected chi connectivity index (χ1v) is 5.72. The Hall–Kier alpha value is -1.02. The quantitative estimate of drug-likeness (QED) is 0.805. The molecule has 1 aromatic carbocycles. The van der Waals surface area contributed by atoms with Gasteiger partial charge in [0.25, 0.3) is 0 Å². The number of benzene rings is 1. The highest BCUT2D eigenvalue weighted by Crippen LogP contribution is 2.27. The normalized spacial score (nSPS) is 10.6. The first-order chi connectivity index (χ1) is 7.41. The zero-order valence-electron chi connectivity index (χ0n) is 10.1. The number of halogens is 1. The molecular weight excluding hydrogens is 224 g/mol. The second-order valence-electron chi connectivity index (χ2n) is 4.28. The predicted octanol–water partition coefficient (Wildman–Crippen LogP) is 3.56. The lowest BCUT2D eigenvalue weighted by atomic mass is 10.1. The van der Waals surface area contributed by atoms with Gasteiger partial charge in [-0.2, -0.15) is 0 Å². The molecule has 0 bridgehead atoms. The summed E-state index contributed by atoms with van der Waals surface area (Å²) in [7, 11) is 0. The molecule has 0 unspecified atom stereocenters. The van der Waals surface area contributed by atoms with Crippen molar-refractivity contribution >= 4 is 17.4 Å². The van der Waals surface area contributed by atoms with Crippen LogP contribution < -0.4 is 4.74 Å². The minimum Gasteiger partial charge on any atom is -0.485 e. The van der Waals surface area contributed by atoms with Gasteiger partial charge in [0, 0.05) is 10.9 Å². The van der Waals surface area contributed by atoms with Crippen LogP contribution in [-0.2, 0) is 4.79 Å². The summed E-state index contributed by atoms with van der Waals surface area (Å²) in [5.41, 5.74) is 1.92. The molecule has 88 valence electrons. The van der Waals surface area contributed by atoms with Crippen molar-refractivity contribution in [3.63, 3.8) is 0 Å². The van der Waals surface area contributed by atoms with Crippen molar-refractivity contribution in [2.45, 2.75) is 27.7 Å². The average Bonchev–Trinajstić information content (AvgIpc) is 2.15. The van der Waals surface area contributed by atoms with Crippen LogP contribution in [0.5, 0.6) is 5.75 Å². The van der Waals surface area contributed by atoms with E-state index in [1.54, 1.807) is 0 Å². The van der Waals surface area contributed by atoms with Crippen molar-refractivity contribution in [2.75, 3.05) is 6.61 Å². The Morgan fingerprint density at radius 2 is 1.81 bits per heavy atom. The van der Waals surface area contributed by atoms with E-state index in [-0.39, 0.29) is 18.3 Å². The Bertz CT molecular complexity index is 374. The van der Waals surface area contributed by atoms with Gasteiger partial charge in [-0.15, -0.1) is 0 Å². The summed E-state index contributed by atoms with van der Waals surface area (Å²) in [4.78, 5) is 11.5. The van der Waals surface area contributed by atoms with Gasteiger partial charge >= 0.3 is 0 Å². The molecule has 2 nitrogen and oxygen atoms in total. The zero-order valence-corrected chi connectivity index (χ0v) is 10.9. The smallest absolute Gasteiger partial charge is 0.172 e. The van der Waals surface area contributed by atoms with Crippen molar-refractivity contribution in [1.29, 1.82) is 0 Å². The summed E-state index contributed by atoms with van der Waals surface area (Å²) in [5, 5.41) is 0.692. The lowest BCUT2D eigenvalue weighted by Crippen LogP contribution is -2.17. The molecule has 0 aromatic heterocycles. The number of Topliss-reactive ketones (excluding diaryl/α,β-unsaturated/α-hetero) is 1. The Balaban J connectivity index is 2.78. The maximum absolute atomic E-state index is 11.5. The second kappa shape index (κ2) is 5.35. The van der Waals surface area contributed by atoms with Crippen LogP contribution >= 0.6 is 11.6 Å². The Morgan fingerprint density at radius 1 is 1.31 bits per heavy atom. The zero-order chi connectivity index (χ0) is 12.3. The van der Waals surface area contributed by atoms with E-state index in [1.807, 2.05) is 39.8 Å². The number of carbonyl (C=O) groups is 1. The van der Waals surface area contributed by atoms with Crippen LogP contribution in [0, 0.1) is 19.8 Å². The number of ketones is 1. The third-order valence-corrected chi connectivity index (χ3v) is 2.65. The van der Waals surface area contributed by atoms with Gasteiger partial charge in [-0.25, -0.2) is 0 Å². The van der Waals surface area contributed by atoms with Gasteiger partial charge in [0.05, 0.1) is 0 Å². The van der Waals surface area contributed by atoms with Crippen molar-refractivity contribution in [2.24, 2.45) is 5.92 Å². The van der Waals surface area contributed by atoms with Gasteiger partial charge in [0.2, 0.25) is 0 Å². The minimum atomic E-state index is 0.00733. The van der Waals surface area contributed by atoms with Crippen LogP contribution in [0.15, 0.2) is 12.1 Å². The number of hydrogen-bond donors (Lipinski definition) is 0. The van der Waals surface area contributed by atoms with Crippen molar-refractivity contribution in [3.05, 3.63) is 28.3 Å². The molecule has 3 heteroatoms. The van der Waals surface area contributed by atoms with Crippen LogP contribution in [0.3, 0.4) is 0 Å². The molecule has 0 N–H and O–H groups in total. The third-order valence-electron chi connectivity index (χ3n) is 2.43. The Morgan fingerprint density at radius 3 is 2.25 bits per heavy atom. The number of carbonyl (C=O) groups excluding carboxylic acids is 1. The monoisotopic (exact) mass is 240 g/mol. The first-order valence-electron chi connectivity index (χ1n) is 5.34. The van der Waals surface area contributed by atoms with Gasteiger partial charge in [0.15, 0.2) is 5.78 Å². The third kappa shape index (κ3) is 3.24. The summed E-state index contributed by atoms with van der Waals surface area (Å²) < 4.78 is 5.54. The van der Waals surface area contributed by atoms with E-state index < -0.39 is 0 Å². The van der Waals surface area contributed by atoms with Crippen molar-refractivity contribution in [3.8, 4) is 5.75 Å². The summed E-state index contributed by atoms with van der Waals surface area (Å²) in [6.45, 7) is 7.71. The van der Waals surface area contributed by atoms with Gasteiger partial charge in [-0.1, -0.05) is 25.4 Å². The summed E-state index contributed by atoms with van der Waals surface area (Å²) in [6.07, 6.45) is 0. The predicted molar refractivity (Wildman–Crippen MR) is 66.3 cm³/mol. The maximum Gasteiger partial charge on any atom is 0.172 e. The summed E-state index contributed by atoms with van der Waals surface area (Å²) in [5.74, 6) is 0.875. The van der Waals surface area contributed by atoms with Crippen LogP contribution in [0.2, 0.25) is 5.02 Å². The largest absolute Gasteiger partial charge is 0.485 e. The molecule has 16 heavy (non-hydrogen) atoms. The molecule has 0 aliphatic carbocycles. The Labute approximate surface area is 102 Å². The van der Waals surface area contributed by atoms with E-state index in [1.165, 1.54) is 0 Å². The number of hydrogen-bond acceptors (Lipinski definition) is 2. The van der Waals surface area contributed by atoms with Crippen LogP contribution in [-0.4, -0.2) is 12.4 Å². The van der Waals surface area contributed by atoms with E-state index in [0.717, 1.165) is 16.9 Å². The highest BCUT2D eigenvalue weighted by Gasteiger charge is 2.11. The fourth-order valence-corrected chi connectivity index (χ4v) is 1.76. The molecule has 0 heterocycles. The van der Waals surface area contributed by atoms with E-state index in [9.17, 15) is 4.79 Å². The molecule has 0 aliphatic heterocycles. The van der Waals surface area contributed by atoms with Crippen LogP contribution in [0.1, 0.15) is 25.0 Å². The average molecular weight is 241 g/mol. The maximum atomic E-state index is 11.5. The Kier molecular flexibility index (Phi) is 4.36. The second-order valence-corrected chi connectivity index (χ2v) is 4.71. The topological polar surface area (TPSA) is 26.3 Å². The molecule has 1 aromatic rings. The van der Waals surface area contributed by atoms with Gasteiger partial charge in [-0.05, 0) is 37.1 Å². The number of rotatable bonds is 4. The minimum absolute atomic E-state index is 0.00733. The molecule has 0 fully saturated rings. The lowest BCUT2D eigenvalue weighted by molar-refractivity contribution is -0.123. The fraction of sp³-hybridized carbons (Fsp3) is 0.462. The molecule has 0 amide bonds. The standard InChI is InChI=1S/C13H17ClO2/c1-8(2)12(15)7-16-13-9(3)5-11(14)6-10(13)4/h5-6,8H,7H2,1-4H3. The summed E-state index contributed by atoms with van der Waals surface area (Å²) in [6, 6.07) is 3.67. The van der Waals surface area contributed by atoms with Crippen LogP contribution in [0.25, 0.3) is 0 Å². The first kappa shape index (κ1) is 13.0. The summed E-state index contributed by atoms with van der Waals surface area (Å²) >= 11 is 5.91. The van der Waals surface area contributed by atoms with Crippen molar-refractivity contribution in [1.82, 2.24) is 0 Å². The van der Waals surface area contributed by atoms with E-state index >= 15 is 0 Å². The van der Waals surface area contributed by atoms with E-state index in [2.05, 4.69) is 0 Å². The highest BCUT2D eigenvalue weighted by molar-refractivity contribution is 6.30. The van der Waals surface area contributed by atoms with Gasteiger partial charge in [-0.3, -0.25) is 4.79 Å². The molecule has 1 rings (SSSR count). The fourth-order valence-electron chi connectivity index (χ4n) is 1.44. The SMILES string of the molecule is Cc1cc(Cl)cc(C)c1OCC(=O)C(C)C. The molecular formula is C13H17ClO2. The molecule has 0 saturated heterocycles. The number of ether oxygens (including phenoxy) is 1. The van der Waals surface area contributed by atoms with E-state index in [4.69, 9.17) is 16.3 Å². The molecule has 0 aliphatic rings. The lowest BCUT2D eigenvalue weighted by Gasteiger charge is -2.12. The van der Waals surface area contributed by atoms with Gasteiger partial charge < -0.3 is 4.74 Å². The molecule has 0 saturated carbocycles. The number of aryl methyl sites for hydroxylation is 2.